The number of carbonyl (C=O) groups excluding carboxylic acids is 1. The molecule has 0 aliphatic heterocycles. The summed E-state index contributed by atoms with van der Waals surface area (Å²) in [5, 5.41) is 12.5. The monoisotopic (exact) mass is 444 g/mol. The minimum absolute atomic E-state index is 0.0429. The lowest BCUT2D eigenvalue weighted by molar-refractivity contribution is -0.125. The minimum Gasteiger partial charge on any atom is -0.493 e. The number of nitrogens with one attached hydrogen (secondary N) is 1. The molecule has 2 fully saturated rings. The Labute approximate surface area is 195 Å². The SMILES string of the molecule is C=C(/N=c1/c(OC)ccc(-c2cccc(C#N)c2)n1C)C1(C(=O)NCC2CCCCC2)CC1. The average molecular weight is 445 g/mol. The maximum absolute atomic E-state index is 13.1. The number of hydrogen-bond acceptors (Lipinski definition) is 4. The molecule has 172 valence electrons. The van der Waals surface area contributed by atoms with Crippen LogP contribution < -0.4 is 15.5 Å². The zero-order valence-electron chi connectivity index (χ0n) is 19.6. The number of amides is 1. The molecule has 0 atom stereocenters. The summed E-state index contributed by atoms with van der Waals surface area (Å²) in [4.78, 5) is 17.9. The molecule has 0 spiro atoms. The predicted octanol–water partition coefficient (Wildman–Crippen LogP) is 4.46. The van der Waals surface area contributed by atoms with Gasteiger partial charge in [0.15, 0.2) is 11.2 Å². The zero-order chi connectivity index (χ0) is 23.4. The molecule has 0 radical (unpaired) electrons. The van der Waals surface area contributed by atoms with Crippen molar-refractivity contribution in [1.29, 1.82) is 5.26 Å². The van der Waals surface area contributed by atoms with Crippen LogP contribution in [0.25, 0.3) is 11.3 Å². The molecule has 6 nitrogen and oxygen atoms in total. The molecule has 2 aromatic rings. The van der Waals surface area contributed by atoms with Crippen molar-refractivity contribution in [3.8, 4) is 23.1 Å². The molecule has 1 N–H and O–H groups in total. The second-order valence-electron chi connectivity index (χ2n) is 9.22. The molecule has 1 aromatic carbocycles. The van der Waals surface area contributed by atoms with Gasteiger partial charge in [0.25, 0.3) is 0 Å². The van der Waals surface area contributed by atoms with Crippen LogP contribution in [0.5, 0.6) is 5.75 Å². The maximum Gasteiger partial charge on any atom is 0.232 e. The molecule has 2 saturated carbocycles. The van der Waals surface area contributed by atoms with E-state index in [1.54, 1.807) is 13.2 Å². The Kier molecular flexibility index (Phi) is 6.69. The second-order valence-corrected chi connectivity index (χ2v) is 9.22. The third-order valence-electron chi connectivity index (χ3n) is 7.05. The fourth-order valence-electron chi connectivity index (χ4n) is 4.75. The van der Waals surface area contributed by atoms with Crippen LogP contribution in [0.15, 0.2) is 53.7 Å². The summed E-state index contributed by atoms with van der Waals surface area (Å²) in [6, 6.07) is 13.5. The van der Waals surface area contributed by atoms with Gasteiger partial charge in [-0.3, -0.25) is 4.79 Å². The number of nitriles is 1. The molecular formula is C27H32N4O2. The van der Waals surface area contributed by atoms with E-state index in [0.29, 0.717) is 28.4 Å². The molecule has 4 rings (SSSR count). The number of benzene rings is 1. The van der Waals surface area contributed by atoms with E-state index in [4.69, 9.17) is 9.73 Å². The number of hydrogen-bond donors (Lipinski definition) is 1. The Morgan fingerprint density at radius 3 is 2.70 bits per heavy atom. The Bertz CT molecular complexity index is 1160. The lowest BCUT2D eigenvalue weighted by atomic mass is 9.89. The molecule has 2 aliphatic rings. The molecule has 6 heteroatoms. The summed E-state index contributed by atoms with van der Waals surface area (Å²) in [6.45, 7) is 4.95. The highest BCUT2D eigenvalue weighted by Gasteiger charge is 2.52. The first-order valence-electron chi connectivity index (χ1n) is 11.8. The van der Waals surface area contributed by atoms with Crippen LogP contribution in [-0.2, 0) is 11.8 Å². The van der Waals surface area contributed by atoms with Crippen molar-refractivity contribution >= 4 is 5.91 Å². The van der Waals surface area contributed by atoms with Gasteiger partial charge in [-0.25, -0.2) is 4.99 Å². The van der Waals surface area contributed by atoms with Crippen LogP contribution in [0, 0.1) is 22.7 Å². The normalized spacial score (nSPS) is 17.8. The van der Waals surface area contributed by atoms with E-state index in [0.717, 1.165) is 30.6 Å². The molecule has 0 saturated heterocycles. The van der Waals surface area contributed by atoms with Crippen molar-refractivity contribution < 1.29 is 9.53 Å². The van der Waals surface area contributed by atoms with E-state index in [1.807, 2.05) is 41.9 Å². The lowest BCUT2D eigenvalue weighted by Gasteiger charge is -2.23. The van der Waals surface area contributed by atoms with Gasteiger partial charge in [-0.15, -0.1) is 0 Å². The highest BCUT2D eigenvalue weighted by molar-refractivity contribution is 5.88. The summed E-state index contributed by atoms with van der Waals surface area (Å²) in [7, 11) is 3.52. The molecule has 1 amide bonds. The van der Waals surface area contributed by atoms with Gasteiger partial charge in [-0.1, -0.05) is 38.0 Å². The van der Waals surface area contributed by atoms with E-state index in [2.05, 4.69) is 18.0 Å². The van der Waals surface area contributed by atoms with E-state index < -0.39 is 5.41 Å². The molecule has 2 aliphatic carbocycles. The first-order valence-corrected chi connectivity index (χ1v) is 11.8. The van der Waals surface area contributed by atoms with Crippen LogP contribution in [0.3, 0.4) is 0 Å². The Balaban J connectivity index is 1.61. The summed E-state index contributed by atoms with van der Waals surface area (Å²) in [6.07, 6.45) is 7.76. The number of carbonyl (C=O) groups is 1. The number of pyridine rings is 1. The van der Waals surface area contributed by atoms with Crippen LogP contribution >= 0.6 is 0 Å². The number of ether oxygens (including phenoxy) is 1. The highest BCUT2D eigenvalue weighted by Crippen LogP contribution is 2.52. The smallest absolute Gasteiger partial charge is 0.232 e. The fourth-order valence-corrected chi connectivity index (χ4v) is 4.75. The molecular weight excluding hydrogens is 412 g/mol. The molecule has 0 bridgehead atoms. The van der Waals surface area contributed by atoms with E-state index >= 15 is 0 Å². The van der Waals surface area contributed by atoms with Gasteiger partial charge >= 0.3 is 0 Å². The van der Waals surface area contributed by atoms with Crippen molar-refractivity contribution in [2.45, 2.75) is 44.9 Å². The van der Waals surface area contributed by atoms with Gasteiger partial charge < -0.3 is 14.6 Å². The van der Waals surface area contributed by atoms with Crippen LogP contribution in [0.1, 0.15) is 50.5 Å². The Morgan fingerprint density at radius 1 is 1.27 bits per heavy atom. The van der Waals surface area contributed by atoms with Gasteiger partial charge in [0.05, 0.1) is 29.9 Å². The molecule has 33 heavy (non-hydrogen) atoms. The van der Waals surface area contributed by atoms with E-state index in [1.165, 1.54) is 32.1 Å². The first kappa shape index (κ1) is 22.8. The van der Waals surface area contributed by atoms with Crippen LogP contribution in [0.4, 0.5) is 0 Å². The topological polar surface area (TPSA) is 79.4 Å². The Hall–Kier alpha value is -3.33. The van der Waals surface area contributed by atoms with Crippen molar-refractivity contribution in [2.24, 2.45) is 23.4 Å². The minimum atomic E-state index is -0.622. The van der Waals surface area contributed by atoms with Crippen LogP contribution in [0.2, 0.25) is 0 Å². The number of rotatable bonds is 7. The van der Waals surface area contributed by atoms with Crippen molar-refractivity contribution in [2.75, 3.05) is 13.7 Å². The number of aromatic nitrogens is 1. The predicted molar refractivity (Wildman–Crippen MR) is 128 cm³/mol. The third-order valence-corrected chi connectivity index (χ3v) is 7.05. The van der Waals surface area contributed by atoms with Gasteiger partial charge in [0.1, 0.15) is 0 Å². The summed E-state index contributed by atoms with van der Waals surface area (Å²) < 4.78 is 7.50. The lowest BCUT2D eigenvalue weighted by Crippen LogP contribution is -2.37. The zero-order valence-corrected chi connectivity index (χ0v) is 19.6. The summed E-state index contributed by atoms with van der Waals surface area (Å²) in [5.74, 6) is 1.24. The largest absolute Gasteiger partial charge is 0.493 e. The van der Waals surface area contributed by atoms with Crippen LogP contribution in [-0.4, -0.2) is 24.1 Å². The fraction of sp³-hybridized carbons (Fsp3) is 0.444. The quantitative estimate of drug-likeness (QED) is 0.685. The number of nitrogens with zero attached hydrogens (tertiary/aromatic N) is 3. The van der Waals surface area contributed by atoms with Crippen molar-refractivity contribution in [3.05, 3.63) is 59.7 Å². The summed E-state index contributed by atoms with van der Waals surface area (Å²) >= 11 is 0. The molecule has 1 heterocycles. The first-order chi connectivity index (χ1) is 16.0. The van der Waals surface area contributed by atoms with Crippen molar-refractivity contribution in [1.82, 2.24) is 9.88 Å². The van der Waals surface area contributed by atoms with E-state index in [-0.39, 0.29) is 5.91 Å². The van der Waals surface area contributed by atoms with Gasteiger partial charge in [0.2, 0.25) is 5.91 Å². The summed E-state index contributed by atoms with van der Waals surface area (Å²) in [5.41, 5.74) is 2.95. The average Bonchev–Trinajstić information content (AvgIpc) is 3.66. The molecule has 1 aromatic heterocycles. The van der Waals surface area contributed by atoms with Gasteiger partial charge in [-0.2, -0.15) is 5.26 Å². The molecule has 0 unspecified atom stereocenters. The van der Waals surface area contributed by atoms with Gasteiger partial charge in [0, 0.05) is 19.3 Å². The third kappa shape index (κ3) is 4.73. The Morgan fingerprint density at radius 2 is 2.03 bits per heavy atom. The standard InChI is InChI=1S/C27H32N4O2/c1-19(27(14-15-27)26(32)29-18-20-8-5-4-6-9-20)30-25-24(33-3)13-12-23(31(25)2)22-11-7-10-21(16-22)17-28/h7,10-13,16,20H,1,4-6,8-9,14-15,18H2,2-3H3,(H,29,32)/b30-25-. The van der Waals surface area contributed by atoms with E-state index in [9.17, 15) is 10.1 Å². The maximum atomic E-state index is 13.1. The van der Waals surface area contributed by atoms with Crippen molar-refractivity contribution in [3.63, 3.8) is 0 Å². The highest BCUT2D eigenvalue weighted by atomic mass is 16.5. The second kappa shape index (κ2) is 9.66. The number of methoxy groups -OCH3 is 1. The van der Waals surface area contributed by atoms with Gasteiger partial charge in [-0.05, 0) is 61.4 Å².